The smallest absolute Gasteiger partial charge is 0.337 e. The van der Waals surface area contributed by atoms with Gasteiger partial charge >= 0.3 is 5.97 Å². The lowest BCUT2D eigenvalue weighted by molar-refractivity contribution is 0.0697. The minimum Gasteiger partial charge on any atom is -0.478 e. The molecule has 0 spiro atoms. The zero-order valence-corrected chi connectivity index (χ0v) is 10.3. The molecule has 0 amide bonds. The maximum atomic E-state index is 10.9. The van der Waals surface area contributed by atoms with E-state index < -0.39 is 5.97 Å². The van der Waals surface area contributed by atoms with Crippen molar-refractivity contribution in [1.82, 2.24) is 14.8 Å². The van der Waals surface area contributed by atoms with Crippen molar-refractivity contribution in [2.75, 3.05) is 5.32 Å². The maximum absolute atomic E-state index is 10.9. The molecule has 2 aromatic heterocycles. The zero-order valence-electron chi connectivity index (χ0n) is 9.59. The van der Waals surface area contributed by atoms with Crippen LogP contribution in [0.4, 0.5) is 11.5 Å². The minimum absolute atomic E-state index is 0.0112. The van der Waals surface area contributed by atoms with Crippen LogP contribution in [0.25, 0.3) is 0 Å². The molecule has 0 saturated heterocycles. The predicted molar refractivity (Wildman–Crippen MR) is 67.4 cm³/mol. The number of rotatable bonds is 4. The van der Waals surface area contributed by atoms with Crippen LogP contribution in [0.2, 0.25) is 5.02 Å². The van der Waals surface area contributed by atoms with Crippen LogP contribution in [0.1, 0.15) is 17.3 Å². The molecular weight excluding hydrogens is 256 g/mol. The highest BCUT2D eigenvalue weighted by atomic mass is 35.5. The fourth-order valence-corrected chi connectivity index (χ4v) is 1.60. The van der Waals surface area contributed by atoms with E-state index in [4.69, 9.17) is 16.7 Å². The normalized spacial score (nSPS) is 10.3. The molecule has 0 aliphatic rings. The highest BCUT2D eigenvalue weighted by Crippen LogP contribution is 2.20. The molecule has 94 valence electrons. The second kappa shape index (κ2) is 5.05. The number of aryl methyl sites for hydroxylation is 1. The van der Waals surface area contributed by atoms with Crippen molar-refractivity contribution in [2.24, 2.45) is 0 Å². The summed E-state index contributed by atoms with van der Waals surface area (Å²) in [5, 5.41) is 16.1. The molecule has 0 unspecified atom stereocenters. The number of pyridine rings is 1. The average molecular weight is 267 g/mol. The molecular formula is C11H11ClN4O2. The van der Waals surface area contributed by atoms with Crippen molar-refractivity contribution in [1.29, 1.82) is 0 Å². The third kappa shape index (κ3) is 2.60. The summed E-state index contributed by atoms with van der Waals surface area (Å²) < 4.78 is 1.75. The van der Waals surface area contributed by atoms with E-state index >= 15 is 0 Å². The van der Waals surface area contributed by atoms with Gasteiger partial charge in [0.1, 0.15) is 5.82 Å². The molecule has 0 radical (unpaired) electrons. The fraction of sp³-hybridized carbons (Fsp3) is 0.182. The molecule has 6 nitrogen and oxygen atoms in total. The molecule has 2 heterocycles. The third-order valence-electron chi connectivity index (χ3n) is 2.32. The Morgan fingerprint density at radius 2 is 2.33 bits per heavy atom. The minimum atomic E-state index is -1.09. The van der Waals surface area contributed by atoms with Gasteiger partial charge in [0.15, 0.2) is 0 Å². The standard InChI is InChI=1S/C11H11ClN4O2/c1-2-16-6-7(4-14-16)15-10-3-8(11(17)18)9(12)5-13-10/h3-6H,2H2,1H3,(H,13,15)(H,17,18). The van der Waals surface area contributed by atoms with E-state index in [9.17, 15) is 4.79 Å². The SMILES string of the molecule is CCn1cc(Nc2cc(C(=O)O)c(Cl)cn2)cn1. The zero-order chi connectivity index (χ0) is 13.1. The summed E-state index contributed by atoms with van der Waals surface area (Å²) in [6, 6.07) is 1.38. The summed E-state index contributed by atoms with van der Waals surface area (Å²) in [6.45, 7) is 2.73. The summed E-state index contributed by atoms with van der Waals surface area (Å²) in [6.07, 6.45) is 4.74. The Morgan fingerprint density at radius 1 is 1.56 bits per heavy atom. The van der Waals surface area contributed by atoms with E-state index in [1.165, 1.54) is 12.3 Å². The molecule has 2 rings (SSSR count). The lowest BCUT2D eigenvalue weighted by atomic mass is 10.2. The first-order chi connectivity index (χ1) is 8.60. The van der Waals surface area contributed by atoms with Crippen LogP contribution in [-0.2, 0) is 6.54 Å². The highest BCUT2D eigenvalue weighted by molar-refractivity contribution is 6.33. The van der Waals surface area contributed by atoms with Crippen molar-refractivity contribution >= 4 is 29.1 Å². The topological polar surface area (TPSA) is 80.0 Å². The first kappa shape index (κ1) is 12.4. The highest BCUT2D eigenvalue weighted by Gasteiger charge is 2.10. The lowest BCUT2D eigenvalue weighted by Crippen LogP contribution is -2.01. The molecule has 0 fully saturated rings. The molecule has 7 heteroatoms. The molecule has 0 aliphatic carbocycles. The monoisotopic (exact) mass is 266 g/mol. The van der Waals surface area contributed by atoms with Crippen LogP contribution in [0.5, 0.6) is 0 Å². The number of halogens is 1. The Labute approximate surface area is 108 Å². The number of nitrogens with one attached hydrogen (secondary N) is 1. The second-order valence-corrected chi connectivity index (χ2v) is 3.97. The molecule has 18 heavy (non-hydrogen) atoms. The van der Waals surface area contributed by atoms with Crippen molar-refractivity contribution in [3.8, 4) is 0 Å². The van der Waals surface area contributed by atoms with Gasteiger partial charge in [-0.05, 0) is 13.0 Å². The number of hydrogen-bond acceptors (Lipinski definition) is 4. The van der Waals surface area contributed by atoms with Gasteiger partial charge in [-0.1, -0.05) is 11.6 Å². The Bertz CT molecular complexity index is 582. The number of nitrogens with zero attached hydrogens (tertiary/aromatic N) is 3. The van der Waals surface area contributed by atoms with Gasteiger partial charge in [0.2, 0.25) is 0 Å². The largest absolute Gasteiger partial charge is 0.478 e. The maximum Gasteiger partial charge on any atom is 0.337 e. The van der Waals surface area contributed by atoms with Crippen LogP contribution in [0.3, 0.4) is 0 Å². The van der Waals surface area contributed by atoms with Gasteiger partial charge in [-0.15, -0.1) is 0 Å². The fourth-order valence-electron chi connectivity index (χ4n) is 1.42. The van der Waals surface area contributed by atoms with Crippen LogP contribution in [0, 0.1) is 0 Å². The van der Waals surface area contributed by atoms with Crippen LogP contribution in [0.15, 0.2) is 24.7 Å². The van der Waals surface area contributed by atoms with Gasteiger partial charge in [0.25, 0.3) is 0 Å². The Hall–Kier alpha value is -2.08. The average Bonchev–Trinajstić information content (AvgIpc) is 2.79. The van der Waals surface area contributed by atoms with E-state index in [2.05, 4.69) is 15.4 Å². The van der Waals surface area contributed by atoms with E-state index in [0.29, 0.717) is 5.82 Å². The first-order valence-corrected chi connectivity index (χ1v) is 5.66. The quantitative estimate of drug-likeness (QED) is 0.888. The van der Waals surface area contributed by atoms with Crippen molar-refractivity contribution < 1.29 is 9.90 Å². The van der Waals surface area contributed by atoms with Gasteiger partial charge in [0, 0.05) is 18.9 Å². The van der Waals surface area contributed by atoms with Crippen LogP contribution in [-0.4, -0.2) is 25.8 Å². The van der Waals surface area contributed by atoms with E-state index in [0.717, 1.165) is 12.2 Å². The molecule has 0 bridgehead atoms. The number of aromatic nitrogens is 3. The van der Waals surface area contributed by atoms with E-state index in [1.54, 1.807) is 17.1 Å². The molecule has 0 aromatic carbocycles. The van der Waals surface area contributed by atoms with Gasteiger partial charge in [0.05, 0.1) is 22.5 Å². The first-order valence-electron chi connectivity index (χ1n) is 5.28. The van der Waals surface area contributed by atoms with Gasteiger partial charge in [-0.3, -0.25) is 4.68 Å². The predicted octanol–water partition coefficient (Wildman–Crippen LogP) is 2.39. The van der Waals surface area contributed by atoms with Crippen LogP contribution < -0.4 is 5.32 Å². The number of anilines is 2. The Morgan fingerprint density at radius 3 is 2.94 bits per heavy atom. The molecule has 0 aliphatic heterocycles. The van der Waals surface area contributed by atoms with E-state index in [1.807, 2.05) is 6.92 Å². The van der Waals surface area contributed by atoms with Crippen molar-refractivity contribution in [2.45, 2.75) is 13.5 Å². The van der Waals surface area contributed by atoms with Crippen LogP contribution >= 0.6 is 11.6 Å². The lowest BCUT2D eigenvalue weighted by Gasteiger charge is -2.04. The van der Waals surface area contributed by atoms with Gasteiger partial charge in [-0.2, -0.15) is 5.10 Å². The van der Waals surface area contributed by atoms with Gasteiger partial charge < -0.3 is 10.4 Å². The number of hydrogen-bond donors (Lipinski definition) is 2. The summed E-state index contributed by atoms with van der Waals surface area (Å²) in [5.41, 5.74) is 0.750. The summed E-state index contributed by atoms with van der Waals surface area (Å²) in [7, 11) is 0. The van der Waals surface area contributed by atoms with E-state index in [-0.39, 0.29) is 10.6 Å². The number of carboxylic acids is 1. The Balaban J connectivity index is 2.24. The molecule has 2 N–H and O–H groups in total. The number of carboxylic acid groups (broad SMARTS) is 1. The summed E-state index contributed by atoms with van der Waals surface area (Å²) in [5.74, 6) is -0.679. The molecule has 0 atom stereocenters. The number of carbonyl (C=O) groups is 1. The summed E-state index contributed by atoms with van der Waals surface area (Å²) in [4.78, 5) is 14.9. The number of aromatic carboxylic acids is 1. The third-order valence-corrected chi connectivity index (χ3v) is 2.62. The van der Waals surface area contributed by atoms with Crippen molar-refractivity contribution in [3.63, 3.8) is 0 Å². The second-order valence-electron chi connectivity index (χ2n) is 3.56. The van der Waals surface area contributed by atoms with Crippen molar-refractivity contribution in [3.05, 3.63) is 35.2 Å². The Kier molecular flexibility index (Phi) is 3.47. The summed E-state index contributed by atoms with van der Waals surface area (Å²) >= 11 is 5.73. The molecule has 0 saturated carbocycles. The van der Waals surface area contributed by atoms with Gasteiger partial charge in [-0.25, -0.2) is 9.78 Å². The molecule has 2 aromatic rings.